The lowest BCUT2D eigenvalue weighted by Crippen LogP contribution is -2.26. The first-order valence-corrected chi connectivity index (χ1v) is 5.78. The standard InChI is InChI=1S/C11H7BrClNO3/c12-8-1-3-9(4-2-8)14(16)11(15)7-5-10(13)17-6-7/h1-6,16H. The average Bonchev–Trinajstić information content (AvgIpc) is 2.75. The normalized spacial score (nSPS) is 10.3. The van der Waals surface area contributed by atoms with Crippen LogP contribution in [0.1, 0.15) is 10.4 Å². The topological polar surface area (TPSA) is 53.7 Å². The van der Waals surface area contributed by atoms with E-state index in [1.807, 2.05) is 0 Å². The highest BCUT2D eigenvalue weighted by Crippen LogP contribution is 2.20. The maximum atomic E-state index is 11.8. The number of amides is 1. The van der Waals surface area contributed by atoms with Crippen LogP contribution in [0.15, 0.2) is 45.5 Å². The Bertz CT molecular complexity index is 538. The van der Waals surface area contributed by atoms with Gasteiger partial charge in [0.2, 0.25) is 0 Å². The first-order chi connectivity index (χ1) is 8.08. The van der Waals surface area contributed by atoms with Crippen LogP contribution in [0.4, 0.5) is 5.69 Å². The van der Waals surface area contributed by atoms with Crippen molar-refractivity contribution >= 4 is 39.1 Å². The maximum Gasteiger partial charge on any atom is 0.285 e. The molecule has 6 heteroatoms. The quantitative estimate of drug-likeness (QED) is 0.678. The maximum absolute atomic E-state index is 11.8. The zero-order valence-electron chi connectivity index (χ0n) is 8.43. The number of furan rings is 1. The van der Waals surface area contributed by atoms with Crippen molar-refractivity contribution in [2.24, 2.45) is 0 Å². The number of hydrogen-bond donors (Lipinski definition) is 1. The summed E-state index contributed by atoms with van der Waals surface area (Å²) < 4.78 is 5.65. The molecule has 0 radical (unpaired) electrons. The number of carbonyl (C=O) groups is 1. The second-order valence-corrected chi connectivity index (χ2v) is 4.52. The SMILES string of the molecule is O=C(c1coc(Cl)c1)N(O)c1ccc(Br)cc1. The second-order valence-electron chi connectivity index (χ2n) is 3.23. The van der Waals surface area contributed by atoms with Crippen molar-refractivity contribution in [1.82, 2.24) is 0 Å². The Kier molecular flexibility index (Phi) is 3.51. The van der Waals surface area contributed by atoms with E-state index in [2.05, 4.69) is 15.9 Å². The van der Waals surface area contributed by atoms with Crippen molar-refractivity contribution < 1.29 is 14.4 Å². The fraction of sp³-hybridized carbons (Fsp3) is 0. The van der Waals surface area contributed by atoms with Crippen molar-refractivity contribution in [2.45, 2.75) is 0 Å². The van der Waals surface area contributed by atoms with E-state index in [0.717, 1.165) is 4.47 Å². The number of hydrogen-bond acceptors (Lipinski definition) is 3. The molecule has 0 aliphatic carbocycles. The van der Waals surface area contributed by atoms with E-state index in [1.54, 1.807) is 24.3 Å². The fourth-order valence-corrected chi connectivity index (χ4v) is 1.67. The Morgan fingerprint density at radius 2 is 2.00 bits per heavy atom. The van der Waals surface area contributed by atoms with Crippen molar-refractivity contribution in [2.75, 3.05) is 5.06 Å². The van der Waals surface area contributed by atoms with Crippen LogP contribution >= 0.6 is 27.5 Å². The van der Waals surface area contributed by atoms with Crippen LogP contribution in [0.5, 0.6) is 0 Å². The molecular weight excluding hydrogens is 309 g/mol. The molecule has 0 atom stereocenters. The lowest BCUT2D eigenvalue weighted by molar-refractivity contribution is 0.0854. The van der Waals surface area contributed by atoms with Gasteiger partial charge in [0.25, 0.3) is 5.91 Å². The molecule has 0 spiro atoms. The second kappa shape index (κ2) is 4.91. The number of carbonyl (C=O) groups excluding carboxylic acids is 1. The molecular formula is C11H7BrClNO3. The molecule has 0 saturated carbocycles. The molecule has 0 bridgehead atoms. The molecule has 17 heavy (non-hydrogen) atoms. The van der Waals surface area contributed by atoms with Crippen LogP contribution in [-0.2, 0) is 0 Å². The van der Waals surface area contributed by atoms with Crippen LogP contribution in [0, 0.1) is 0 Å². The van der Waals surface area contributed by atoms with Gasteiger partial charge in [0.05, 0.1) is 11.3 Å². The molecule has 1 heterocycles. The number of benzene rings is 1. The summed E-state index contributed by atoms with van der Waals surface area (Å²) in [5.74, 6) is -0.608. The number of hydroxylamine groups is 1. The molecule has 0 saturated heterocycles. The third kappa shape index (κ3) is 2.69. The molecule has 88 valence electrons. The highest BCUT2D eigenvalue weighted by Gasteiger charge is 2.17. The number of anilines is 1. The summed E-state index contributed by atoms with van der Waals surface area (Å²) in [5, 5.41) is 10.4. The van der Waals surface area contributed by atoms with E-state index in [1.165, 1.54) is 12.3 Å². The molecule has 2 rings (SSSR count). The van der Waals surface area contributed by atoms with Gasteiger partial charge in [-0.3, -0.25) is 10.0 Å². The van der Waals surface area contributed by atoms with Gasteiger partial charge in [0, 0.05) is 10.5 Å². The fourth-order valence-electron chi connectivity index (χ4n) is 1.24. The van der Waals surface area contributed by atoms with E-state index < -0.39 is 5.91 Å². The highest BCUT2D eigenvalue weighted by molar-refractivity contribution is 9.10. The molecule has 1 aromatic heterocycles. The van der Waals surface area contributed by atoms with Gasteiger partial charge >= 0.3 is 0 Å². The smallest absolute Gasteiger partial charge is 0.285 e. The number of halogens is 2. The molecule has 1 aromatic carbocycles. The first kappa shape index (κ1) is 12.2. The van der Waals surface area contributed by atoms with Crippen LogP contribution < -0.4 is 5.06 Å². The van der Waals surface area contributed by atoms with Gasteiger partial charge in [-0.05, 0) is 35.9 Å². The van der Waals surface area contributed by atoms with E-state index in [-0.39, 0.29) is 10.8 Å². The average molecular weight is 317 g/mol. The first-order valence-electron chi connectivity index (χ1n) is 4.61. The summed E-state index contributed by atoms with van der Waals surface area (Å²) in [6, 6.07) is 7.97. The molecule has 1 N–H and O–H groups in total. The summed E-state index contributed by atoms with van der Waals surface area (Å²) in [5.41, 5.74) is 0.538. The molecule has 0 fully saturated rings. The predicted octanol–water partition coefficient (Wildman–Crippen LogP) is 3.73. The van der Waals surface area contributed by atoms with Gasteiger partial charge in [0.1, 0.15) is 6.26 Å². The lowest BCUT2D eigenvalue weighted by atomic mass is 10.2. The summed E-state index contributed by atoms with van der Waals surface area (Å²) in [4.78, 5) is 11.8. The third-order valence-corrected chi connectivity index (χ3v) is 2.80. The van der Waals surface area contributed by atoms with E-state index in [4.69, 9.17) is 16.0 Å². The summed E-state index contributed by atoms with van der Waals surface area (Å²) >= 11 is 8.81. The van der Waals surface area contributed by atoms with Gasteiger partial charge < -0.3 is 4.42 Å². The zero-order valence-corrected chi connectivity index (χ0v) is 10.8. The summed E-state index contributed by atoms with van der Waals surface area (Å²) in [6.07, 6.45) is 1.19. The molecule has 4 nitrogen and oxygen atoms in total. The minimum Gasteiger partial charge on any atom is -0.452 e. The minimum atomic E-state index is -0.608. The van der Waals surface area contributed by atoms with Crippen molar-refractivity contribution in [3.05, 3.63) is 51.9 Å². The van der Waals surface area contributed by atoms with Gasteiger partial charge in [-0.2, -0.15) is 5.06 Å². The predicted molar refractivity (Wildman–Crippen MR) is 66.5 cm³/mol. The van der Waals surface area contributed by atoms with Gasteiger partial charge in [0.15, 0.2) is 5.22 Å². The molecule has 1 amide bonds. The number of nitrogens with zero attached hydrogens (tertiary/aromatic N) is 1. The Labute approximate surface area is 110 Å². The van der Waals surface area contributed by atoms with E-state index in [9.17, 15) is 10.0 Å². The van der Waals surface area contributed by atoms with Gasteiger partial charge in [-0.15, -0.1) is 0 Å². The van der Waals surface area contributed by atoms with Crippen molar-refractivity contribution in [3.63, 3.8) is 0 Å². The largest absolute Gasteiger partial charge is 0.452 e. The molecule has 2 aromatic rings. The summed E-state index contributed by atoms with van der Waals surface area (Å²) in [7, 11) is 0. The third-order valence-electron chi connectivity index (χ3n) is 2.08. The van der Waals surface area contributed by atoms with Crippen molar-refractivity contribution in [1.29, 1.82) is 0 Å². The van der Waals surface area contributed by atoms with Gasteiger partial charge in [-0.1, -0.05) is 15.9 Å². The molecule has 0 aliphatic rings. The highest BCUT2D eigenvalue weighted by atomic mass is 79.9. The Morgan fingerprint density at radius 1 is 1.35 bits per heavy atom. The lowest BCUT2D eigenvalue weighted by Gasteiger charge is -2.13. The Balaban J connectivity index is 2.23. The Hall–Kier alpha value is -1.30. The van der Waals surface area contributed by atoms with Crippen LogP contribution in [0.2, 0.25) is 5.22 Å². The van der Waals surface area contributed by atoms with Crippen molar-refractivity contribution in [3.8, 4) is 0 Å². The van der Waals surface area contributed by atoms with Crippen LogP contribution in [0.25, 0.3) is 0 Å². The number of rotatable bonds is 2. The summed E-state index contributed by atoms with van der Waals surface area (Å²) in [6.45, 7) is 0. The van der Waals surface area contributed by atoms with E-state index in [0.29, 0.717) is 10.8 Å². The molecule has 0 unspecified atom stereocenters. The van der Waals surface area contributed by atoms with E-state index >= 15 is 0 Å². The monoisotopic (exact) mass is 315 g/mol. The van der Waals surface area contributed by atoms with Gasteiger partial charge in [-0.25, -0.2) is 0 Å². The van der Waals surface area contributed by atoms with Crippen LogP contribution in [0.3, 0.4) is 0 Å². The van der Waals surface area contributed by atoms with Crippen LogP contribution in [-0.4, -0.2) is 11.1 Å². The minimum absolute atomic E-state index is 0.0950. The molecule has 0 aliphatic heterocycles. The Morgan fingerprint density at radius 3 is 2.53 bits per heavy atom. The zero-order chi connectivity index (χ0) is 12.4.